The zero-order valence-corrected chi connectivity index (χ0v) is 10.4. The number of fused-ring (bicyclic) bond motifs is 1. The van der Waals surface area contributed by atoms with Crippen LogP contribution in [0.3, 0.4) is 0 Å². The maximum atomic E-state index is 12.0. The van der Waals surface area contributed by atoms with Crippen molar-refractivity contribution in [2.24, 2.45) is 5.73 Å². The van der Waals surface area contributed by atoms with Gasteiger partial charge in [-0.05, 0) is 20.3 Å². The molecule has 6 heteroatoms. The molecule has 0 aliphatic carbocycles. The summed E-state index contributed by atoms with van der Waals surface area (Å²) < 4.78 is 1.98. The fraction of sp³-hybridized carbons (Fsp3) is 0.727. The first-order valence-electron chi connectivity index (χ1n) is 5.89. The molecule has 1 aliphatic rings. The van der Waals surface area contributed by atoms with Crippen molar-refractivity contribution >= 4 is 5.91 Å². The molecule has 2 N–H and O–H groups in total. The van der Waals surface area contributed by atoms with Crippen LogP contribution in [0, 0.1) is 0 Å². The van der Waals surface area contributed by atoms with Crippen LogP contribution >= 0.6 is 0 Å². The van der Waals surface area contributed by atoms with E-state index >= 15 is 0 Å². The molecule has 0 radical (unpaired) electrons. The Labute approximate surface area is 101 Å². The zero-order chi connectivity index (χ0) is 12.5. The summed E-state index contributed by atoms with van der Waals surface area (Å²) in [6.45, 7) is 5.94. The summed E-state index contributed by atoms with van der Waals surface area (Å²) >= 11 is 0. The van der Waals surface area contributed by atoms with Crippen molar-refractivity contribution < 1.29 is 4.79 Å². The van der Waals surface area contributed by atoms with Crippen LogP contribution in [0.4, 0.5) is 0 Å². The van der Waals surface area contributed by atoms with Crippen molar-refractivity contribution in [2.75, 3.05) is 6.54 Å². The maximum Gasteiger partial charge on any atom is 0.223 e. The Bertz CT molecular complexity index is 406. The molecule has 1 aromatic rings. The van der Waals surface area contributed by atoms with Crippen molar-refractivity contribution in [2.45, 2.75) is 45.3 Å². The number of nitrogens with two attached hydrogens (primary N) is 1. The van der Waals surface area contributed by atoms with Gasteiger partial charge < -0.3 is 15.2 Å². The Balaban J connectivity index is 1.90. The lowest BCUT2D eigenvalue weighted by molar-refractivity contribution is -0.133. The minimum atomic E-state index is -0.286. The van der Waals surface area contributed by atoms with Crippen LogP contribution in [0.2, 0.25) is 0 Å². The van der Waals surface area contributed by atoms with Crippen molar-refractivity contribution in [3.05, 3.63) is 12.2 Å². The third-order valence-electron chi connectivity index (χ3n) is 2.97. The average molecular weight is 237 g/mol. The smallest absolute Gasteiger partial charge is 0.223 e. The van der Waals surface area contributed by atoms with Crippen LogP contribution in [-0.2, 0) is 17.9 Å². The Hall–Kier alpha value is -1.43. The highest BCUT2D eigenvalue weighted by Gasteiger charge is 2.23. The third kappa shape index (κ3) is 3.03. The molecule has 1 aliphatic heterocycles. The van der Waals surface area contributed by atoms with Gasteiger partial charge in [-0.2, -0.15) is 0 Å². The van der Waals surface area contributed by atoms with E-state index in [9.17, 15) is 4.79 Å². The first kappa shape index (κ1) is 12.0. The summed E-state index contributed by atoms with van der Waals surface area (Å²) in [6, 6.07) is 0. The largest absolute Gasteiger partial charge is 0.333 e. The predicted octanol–water partition coefficient (Wildman–Crippen LogP) is 0.138. The summed E-state index contributed by atoms with van der Waals surface area (Å²) in [5, 5.41) is 7.83. The Morgan fingerprint density at radius 2 is 2.29 bits per heavy atom. The molecule has 0 aromatic carbocycles. The molecule has 2 heterocycles. The molecule has 0 unspecified atom stereocenters. The summed E-state index contributed by atoms with van der Waals surface area (Å²) in [7, 11) is 0. The van der Waals surface area contributed by atoms with Crippen LogP contribution in [0.5, 0.6) is 0 Å². The van der Waals surface area contributed by atoms with Crippen molar-refractivity contribution in [3.63, 3.8) is 0 Å². The highest BCUT2D eigenvalue weighted by Crippen LogP contribution is 2.13. The molecule has 1 aromatic heterocycles. The first-order chi connectivity index (χ1) is 7.96. The van der Waals surface area contributed by atoms with Gasteiger partial charge in [0.15, 0.2) is 5.82 Å². The first-order valence-corrected chi connectivity index (χ1v) is 5.89. The van der Waals surface area contributed by atoms with Gasteiger partial charge in [0.1, 0.15) is 6.33 Å². The second-order valence-electron chi connectivity index (χ2n) is 5.24. The Kier molecular flexibility index (Phi) is 3.15. The third-order valence-corrected chi connectivity index (χ3v) is 2.97. The van der Waals surface area contributed by atoms with Crippen molar-refractivity contribution in [1.29, 1.82) is 0 Å². The second kappa shape index (κ2) is 4.44. The lowest BCUT2D eigenvalue weighted by Gasteiger charge is -2.28. The quantitative estimate of drug-likeness (QED) is 0.811. The molecule has 0 spiro atoms. The van der Waals surface area contributed by atoms with Crippen molar-refractivity contribution in [3.8, 4) is 0 Å². The lowest BCUT2D eigenvalue weighted by Crippen LogP contribution is -2.40. The molecular formula is C11H19N5O. The van der Waals surface area contributed by atoms with E-state index in [1.165, 1.54) is 0 Å². The molecule has 0 atom stereocenters. The van der Waals surface area contributed by atoms with Gasteiger partial charge in [0.05, 0.1) is 6.54 Å². The van der Waals surface area contributed by atoms with Gasteiger partial charge in [-0.1, -0.05) is 0 Å². The molecule has 0 bridgehead atoms. The van der Waals surface area contributed by atoms with E-state index < -0.39 is 0 Å². The molecule has 0 saturated carbocycles. The van der Waals surface area contributed by atoms with E-state index in [4.69, 9.17) is 5.73 Å². The maximum absolute atomic E-state index is 12.0. The van der Waals surface area contributed by atoms with Crippen molar-refractivity contribution in [1.82, 2.24) is 19.7 Å². The van der Waals surface area contributed by atoms with Gasteiger partial charge in [-0.15, -0.1) is 10.2 Å². The number of hydrogen-bond acceptors (Lipinski definition) is 4. The molecular weight excluding hydrogens is 218 g/mol. The minimum absolute atomic E-state index is 0.151. The van der Waals surface area contributed by atoms with Gasteiger partial charge in [-0.3, -0.25) is 4.79 Å². The van der Waals surface area contributed by atoms with Gasteiger partial charge in [-0.25, -0.2) is 0 Å². The van der Waals surface area contributed by atoms with E-state index in [0.29, 0.717) is 19.4 Å². The SMILES string of the molecule is CC(C)(N)CCC(=O)N1CCn2cnnc2C1. The number of nitrogens with zero attached hydrogens (tertiary/aromatic N) is 4. The van der Waals surface area contributed by atoms with Crippen LogP contribution < -0.4 is 5.73 Å². The van der Waals surface area contributed by atoms with Crippen LogP contribution in [0.15, 0.2) is 6.33 Å². The van der Waals surface area contributed by atoms with E-state index in [1.54, 1.807) is 6.33 Å². The van der Waals surface area contributed by atoms with Gasteiger partial charge >= 0.3 is 0 Å². The summed E-state index contributed by atoms with van der Waals surface area (Å²) in [6.07, 6.45) is 2.91. The Morgan fingerprint density at radius 3 is 3.00 bits per heavy atom. The van der Waals surface area contributed by atoms with E-state index in [1.807, 2.05) is 23.3 Å². The number of carbonyl (C=O) groups is 1. The molecule has 6 nitrogen and oxygen atoms in total. The predicted molar refractivity (Wildman–Crippen MR) is 62.9 cm³/mol. The number of aromatic nitrogens is 3. The topological polar surface area (TPSA) is 77.0 Å². The number of rotatable bonds is 3. The highest BCUT2D eigenvalue weighted by atomic mass is 16.2. The molecule has 2 rings (SSSR count). The van der Waals surface area contributed by atoms with Crippen LogP contribution in [0.1, 0.15) is 32.5 Å². The summed E-state index contributed by atoms with van der Waals surface area (Å²) in [4.78, 5) is 13.8. The van der Waals surface area contributed by atoms with E-state index in [0.717, 1.165) is 18.9 Å². The molecule has 17 heavy (non-hydrogen) atoms. The fourth-order valence-electron chi connectivity index (χ4n) is 1.87. The van der Waals surface area contributed by atoms with Gasteiger partial charge in [0.25, 0.3) is 0 Å². The fourth-order valence-corrected chi connectivity index (χ4v) is 1.87. The minimum Gasteiger partial charge on any atom is -0.333 e. The second-order valence-corrected chi connectivity index (χ2v) is 5.24. The van der Waals surface area contributed by atoms with Gasteiger partial charge in [0.2, 0.25) is 5.91 Å². The summed E-state index contributed by atoms with van der Waals surface area (Å²) in [5.41, 5.74) is 5.59. The molecule has 0 fully saturated rings. The van der Waals surface area contributed by atoms with E-state index in [2.05, 4.69) is 10.2 Å². The van der Waals surface area contributed by atoms with Crippen LogP contribution in [0.25, 0.3) is 0 Å². The van der Waals surface area contributed by atoms with Gasteiger partial charge in [0, 0.05) is 25.0 Å². The normalized spacial score (nSPS) is 15.8. The highest BCUT2D eigenvalue weighted by molar-refractivity contribution is 5.76. The molecule has 0 saturated heterocycles. The number of hydrogen-bond donors (Lipinski definition) is 1. The molecule has 1 amide bonds. The number of amides is 1. The Morgan fingerprint density at radius 1 is 1.53 bits per heavy atom. The van der Waals surface area contributed by atoms with E-state index in [-0.39, 0.29) is 11.4 Å². The monoisotopic (exact) mass is 237 g/mol. The van der Waals surface area contributed by atoms with Crippen LogP contribution in [-0.4, -0.2) is 37.7 Å². The average Bonchev–Trinajstić information content (AvgIpc) is 2.71. The standard InChI is InChI=1S/C11H19N5O/c1-11(2,12)4-3-10(17)15-5-6-16-8-13-14-9(16)7-15/h8H,3-7,12H2,1-2H3. The molecule has 94 valence electrons. The summed E-state index contributed by atoms with van der Waals surface area (Å²) in [5.74, 6) is 1.01. The number of carbonyl (C=O) groups excluding carboxylic acids is 1. The zero-order valence-electron chi connectivity index (χ0n) is 10.4. The lowest BCUT2D eigenvalue weighted by atomic mass is 9.99.